The normalized spacial score (nSPS) is 14.9. The first kappa shape index (κ1) is 23.4. The molecule has 1 aliphatic carbocycles. The van der Waals surface area contributed by atoms with Gasteiger partial charge in [0.2, 0.25) is 0 Å². The van der Waals surface area contributed by atoms with Crippen molar-refractivity contribution in [3.63, 3.8) is 0 Å². The first-order valence-electron chi connectivity index (χ1n) is 13.1. The fraction of sp³-hybridized carbons (Fsp3) is 0.0571. The number of thiazole rings is 1. The highest BCUT2D eigenvalue weighted by Crippen LogP contribution is 2.35. The van der Waals surface area contributed by atoms with Gasteiger partial charge in [-0.05, 0) is 35.8 Å². The van der Waals surface area contributed by atoms with Gasteiger partial charge in [-0.2, -0.15) is 0 Å². The zero-order chi connectivity index (χ0) is 26.0. The molecule has 0 aliphatic heterocycles. The molecule has 4 heteroatoms. The molecule has 39 heavy (non-hydrogen) atoms. The Kier molecular flexibility index (Phi) is 6.16. The van der Waals surface area contributed by atoms with Crippen LogP contribution in [-0.2, 0) is 0 Å². The second kappa shape index (κ2) is 10.2. The molecule has 0 spiro atoms. The van der Waals surface area contributed by atoms with Gasteiger partial charge in [-0.25, -0.2) is 15.0 Å². The van der Waals surface area contributed by atoms with Gasteiger partial charge in [0, 0.05) is 22.6 Å². The first-order chi connectivity index (χ1) is 19.3. The van der Waals surface area contributed by atoms with Gasteiger partial charge in [-0.15, -0.1) is 11.3 Å². The maximum absolute atomic E-state index is 5.02. The van der Waals surface area contributed by atoms with Crippen LogP contribution in [0.25, 0.3) is 48.9 Å². The summed E-state index contributed by atoms with van der Waals surface area (Å²) < 4.78 is 1.20. The number of nitrogens with zero attached hydrogens (tertiary/aromatic N) is 3. The van der Waals surface area contributed by atoms with Gasteiger partial charge < -0.3 is 0 Å². The molecule has 0 amide bonds. The van der Waals surface area contributed by atoms with Crippen LogP contribution < -0.4 is 0 Å². The maximum Gasteiger partial charge on any atom is 0.136 e. The van der Waals surface area contributed by atoms with Crippen LogP contribution in [-0.4, -0.2) is 15.0 Å². The minimum absolute atomic E-state index is 0.122. The lowest BCUT2D eigenvalue weighted by Gasteiger charge is -2.17. The molecule has 0 N–H and O–H groups in total. The van der Waals surface area contributed by atoms with E-state index in [1.54, 1.807) is 11.3 Å². The van der Waals surface area contributed by atoms with E-state index in [-0.39, 0.29) is 5.92 Å². The third kappa shape index (κ3) is 4.83. The van der Waals surface area contributed by atoms with Crippen molar-refractivity contribution in [2.45, 2.75) is 12.3 Å². The molecule has 1 atom stereocenters. The number of allylic oxidation sites excluding steroid dienone is 4. The highest BCUT2D eigenvalue weighted by molar-refractivity contribution is 7.21. The number of hydrogen-bond donors (Lipinski definition) is 0. The lowest BCUT2D eigenvalue weighted by Crippen LogP contribution is -2.06. The molecule has 6 aromatic rings. The van der Waals surface area contributed by atoms with Crippen LogP contribution in [0, 0.1) is 0 Å². The summed E-state index contributed by atoms with van der Waals surface area (Å²) in [4.78, 5) is 14.9. The quantitative estimate of drug-likeness (QED) is 0.228. The van der Waals surface area contributed by atoms with Gasteiger partial charge in [0.1, 0.15) is 10.8 Å². The van der Waals surface area contributed by atoms with Crippen LogP contribution in [0.4, 0.5) is 0 Å². The summed E-state index contributed by atoms with van der Waals surface area (Å²) in [5, 5.41) is 1.06. The predicted molar refractivity (Wildman–Crippen MR) is 162 cm³/mol. The largest absolute Gasteiger partial charge is 0.236 e. The summed E-state index contributed by atoms with van der Waals surface area (Å²) >= 11 is 1.74. The third-order valence-electron chi connectivity index (χ3n) is 7.06. The number of benzene rings is 4. The standard InChI is InChI=1S/C35H25N3S/c1-4-10-25(11-5-1)31-23-32(26-12-6-2-7-13-26)37-34(36-31)27-18-16-24(17-19-27)29-20-21-30-33(22-29)39-35(38-30)28-14-8-3-9-15-28/h1-18,20-23,27H,19H2. The highest BCUT2D eigenvalue weighted by Gasteiger charge is 2.18. The Morgan fingerprint density at radius 2 is 1.21 bits per heavy atom. The van der Waals surface area contributed by atoms with Crippen molar-refractivity contribution in [3.05, 3.63) is 145 Å². The Bertz CT molecular complexity index is 1760. The van der Waals surface area contributed by atoms with Crippen molar-refractivity contribution in [1.82, 2.24) is 15.0 Å². The third-order valence-corrected chi connectivity index (χ3v) is 8.12. The van der Waals surface area contributed by atoms with Crippen LogP contribution in [0.1, 0.15) is 23.7 Å². The molecule has 0 saturated carbocycles. The highest BCUT2D eigenvalue weighted by atomic mass is 32.1. The SMILES string of the molecule is C1=CC(c2nc(-c3ccccc3)cc(-c3ccccc3)n2)CC=C1c1ccc2nc(-c3ccccc3)sc2c1. The molecular formula is C35H25N3S. The van der Waals surface area contributed by atoms with E-state index in [0.717, 1.165) is 50.8 Å². The van der Waals surface area contributed by atoms with Crippen molar-refractivity contribution >= 4 is 27.1 Å². The van der Waals surface area contributed by atoms with Crippen LogP contribution in [0.2, 0.25) is 0 Å². The summed E-state index contributed by atoms with van der Waals surface area (Å²) in [6, 6.07) is 39.7. The van der Waals surface area contributed by atoms with Gasteiger partial charge in [-0.1, -0.05) is 115 Å². The van der Waals surface area contributed by atoms with Gasteiger partial charge in [0.25, 0.3) is 0 Å². The molecule has 0 bridgehead atoms. The summed E-state index contributed by atoms with van der Waals surface area (Å²) in [6.45, 7) is 0. The average Bonchev–Trinajstić information content (AvgIpc) is 3.46. The molecular weight excluding hydrogens is 494 g/mol. The molecule has 0 saturated heterocycles. The maximum atomic E-state index is 5.02. The molecule has 7 rings (SSSR count). The van der Waals surface area contributed by atoms with Crippen molar-refractivity contribution in [3.8, 4) is 33.1 Å². The summed E-state index contributed by atoms with van der Waals surface area (Å²) in [5.74, 6) is 0.976. The fourth-order valence-electron chi connectivity index (χ4n) is 4.98. The van der Waals surface area contributed by atoms with E-state index in [2.05, 4.69) is 115 Å². The van der Waals surface area contributed by atoms with Gasteiger partial charge in [-0.3, -0.25) is 0 Å². The molecule has 0 fully saturated rings. The van der Waals surface area contributed by atoms with Crippen molar-refractivity contribution in [2.75, 3.05) is 0 Å². The van der Waals surface area contributed by atoms with E-state index in [4.69, 9.17) is 15.0 Å². The van der Waals surface area contributed by atoms with Crippen LogP contribution in [0.5, 0.6) is 0 Å². The summed E-state index contributed by atoms with van der Waals surface area (Å²) in [7, 11) is 0. The number of fused-ring (bicyclic) bond motifs is 1. The molecule has 186 valence electrons. The minimum atomic E-state index is 0.122. The molecule has 1 aliphatic rings. The molecule has 3 nitrogen and oxygen atoms in total. The number of aromatic nitrogens is 3. The number of rotatable bonds is 5. The van der Waals surface area contributed by atoms with Gasteiger partial charge in [0.15, 0.2) is 0 Å². The van der Waals surface area contributed by atoms with Gasteiger partial charge >= 0.3 is 0 Å². The Morgan fingerprint density at radius 1 is 0.590 bits per heavy atom. The Hall–Kier alpha value is -4.67. The summed E-state index contributed by atoms with van der Waals surface area (Å²) in [5.41, 5.74) is 8.74. The Balaban J connectivity index is 1.19. The van der Waals surface area contributed by atoms with Crippen LogP contribution >= 0.6 is 11.3 Å². The second-order valence-corrected chi connectivity index (χ2v) is 10.7. The minimum Gasteiger partial charge on any atom is -0.236 e. The predicted octanol–water partition coefficient (Wildman–Crippen LogP) is 9.21. The van der Waals surface area contributed by atoms with Crippen LogP contribution in [0.15, 0.2) is 133 Å². The Morgan fingerprint density at radius 3 is 1.79 bits per heavy atom. The lowest BCUT2D eigenvalue weighted by molar-refractivity contribution is 0.777. The van der Waals surface area contributed by atoms with E-state index >= 15 is 0 Å². The topological polar surface area (TPSA) is 38.7 Å². The zero-order valence-corrected chi connectivity index (χ0v) is 22.1. The van der Waals surface area contributed by atoms with Crippen LogP contribution in [0.3, 0.4) is 0 Å². The molecule has 1 unspecified atom stereocenters. The first-order valence-corrected chi connectivity index (χ1v) is 14.0. The molecule has 0 radical (unpaired) electrons. The van der Waals surface area contributed by atoms with E-state index in [1.165, 1.54) is 15.8 Å². The van der Waals surface area contributed by atoms with Crippen molar-refractivity contribution in [2.24, 2.45) is 0 Å². The van der Waals surface area contributed by atoms with E-state index in [1.807, 2.05) is 18.2 Å². The Labute approximate surface area is 231 Å². The second-order valence-electron chi connectivity index (χ2n) is 9.66. The van der Waals surface area contributed by atoms with E-state index in [9.17, 15) is 0 Å². The zero-order valence-electron chi connectivity index (χ0n) is 21.2. The van der Waals surface area contributed by atoms with E-state index < -0.39 is 0 Å². The molecule has 2 heterocycles. The van der Waals surface area contributed by atoms with Crippen molar-refractivity contribution < 1.29 is 0 Å². The molecule has 2 aromatic heterocycles. The smallest absolute Gasteiger partial charge is 0.136 e. The van der Waals surface area contributed by atoms with Gasteiger partial charge in [0.05, 0.1) is 21.6 Å². The monoisotopic (exact) mass is 519 g/mol. The fourth-order valence-corrected chi connectivity index (χ4v) is 5.99. The average molecular weight is 520 g/mol. The number of hydrogen-bond acceptors (Lipinski definition) is 4. The lowest BCUT2D eigenvalue weighted by atomic mass is 9.92. The van der Waals surface area contributed by atoms with Crippen molar-refractivity contribution in [1.29, 1.82) is 0 Å². The van der Waals surface area contributed by atoms with E-state index in [0.29, 0.717) is 0 Å². The summed E-state index contributed by atoms with van der Waals surface area (Å²) in [6.07, 6.45) is 7.63. The molecule has 4 aromatic carbocycles.